The Morgan fingerprint density at radius 1 is 1.00 bits per heavy atom. The smallest absolute Gasteiger partial charge is 0.406 e. The van der Waals surface area contributed by atoms with Gasteiger partial charge in [-0.15, -0.1) is 13.2 Å². The van der Waals surface area contributed by atoms with E-state index in [4.69, 9.17) is 0 Å². The van der Waals surface area contributed by atoms with Crippen LogP contribution in [0.4, 0.5) is 22.0 Å². The van der Waals surface area contributed by atoms with E-state index in [1.165, 1.54) is 18.2 Å². The first kappa shape index (κ1) is 21.1. The molecular formula is C24H25F5O. The Labute approximate surface area is 173 Å². The van der Waals surface area contributed by atoms with Crippen molar-refractivity contribution in [3.8, 4) is 5.75 Å². The van der Waals surface area contributed by atoms with E-state index in [-0.39, 0.29) is 23.5 Å². The number of hydrogen-bond donors (Lipinski definition) is 0. The van der Waals surface area contributed by atoms with Gasteiger partial charge in [-0.2, -0.15) is 0 Å². The molecular weight excluding hydrogens is 399 g/mol. The molecule has 4 atom stereocenters. The minimum atomic E-state index is -4.72. The summed E-state index contributed by atoms with van der Waals surface area (Å²) in [6.45, 7) is 2.13. The lowest BCUT2D eigenvalue weighted by molar-refractivity contribution is -0.274. The average molecular weight is 424 g/mol. The molecule has 0 heterocycles. The van der Waals surface area contributed by atoms with Crippen molar-refractivity contribution in [1.29, 1.82) is 0 Å². The van der Waals surface area contributed by atoms with Gasteiger partial charge in [0.15, 0.2) is 0 Å². The van der Waals surface area contributed by atoms with Gasteiger partial charge in [-0.1, -0.05) is 31.9 Å². The summed E-state index contributed by atoms with van der Waals surface area (Å²) in [4.78, 5) is 0. The lowest BCUT2D eigenvalue weighted by atomic mass is 9.57. The highest BCUT2D eigenvalue weighted by atomic mass is 19.4. The molecule has 0 amide bonds. The molecule has 0 aliphatic heterocycles. The monoisotopic (exact) mass is 424 g/mol. The van der Waals surface area contributed by atoms with Crippen molar-refractivity contribution in [3.05, 3.63) is 64.7 Å². The number of alkyl halides is 3. The van der Waals surface area contributed by atoms with Crippen molar-refractivity contribution in [2.45, 2.75) is 63.6 Å². The van der Waals surface area contributed by atoms with Crippen LogP contribution < -0.4 is 4.74 Å². The topological polar surface area (TPSA) is 9.23 Å². The Morgan fingerprint density at radius 2 is 1.73 bits per heavy atom. The van der Waals surface area contributed by atoms with Crippen LogP contribution in [0.2, 0.25) is 0 Å². The van der Waals surface area contributed by atoms with Gasteiger partial charge in [0.1, 0.15) is 17.4 Å². The number of fused-ring (bicyclic) bond motifs is 3. The minimum absolute atomic E-state index is 0.0724. The van der Waals surface area contributed by atoms with Gasteiger partial charge in [-0.3, -0.25) is 0 Å². The summed E-state index contributed by atoms with van der Waals surface area (Å²) < 4.78 is 69.8. The van der Waals surface area contributed by atoms with Gasteiger partial charge in [-0.05, 0) is 84.2 Å². The maximum absolute atomic E-state index is 14.3. The Balaban J connectivity index is 1.67. The predicted molar refractivity (Wildman–Crippen MR) is 104 cm³/mol. The van der Waals surface area contributed by atoms with Gasteiger partial charge in [0.2, 0.25) is 0 Å². The zero-order chi connectivity index (χ0) is 21.5. The van der Waals surface area contributed by atoms with Crippen molar-refractivity contribution in [2.75, 3.05) is 0 Å². The molecule has 0 radical (unpaired) electrons. The molecule has 2 aliphatic carbocycles. The van der Waals surface area contributed by atoms with Crippen LogP contribution in [0.3, 0.4) is 0 Å². The van der Waals surface area contributed by atoms with Crippen LogP contribution in [0, 0.1) is 23.5 Å². The Bertz CT molecular complexity index is 890. The molecule has 30 heavy (non-hydrogen) atoms. The van der Waals surface area contributed by atoms with Crippen molar-refractivity contribution in [1.82, 2.24) is 0 Å². The lowest BCUT2D eigenvalue weighted by Gasteiger charge is -2.47. The zero-order valence-electron chi connectivity index (χ0n) is 16.8. The molecule has 0 aromatic heterocycles. The molecule has 2 aliphatic rings. The fraction of sp³-hybridized carbons (Fsp3) is 0.500. The van der Waals surface area contributed by atoms with Crippen LogP contribution in [0.15, 0.2) is 36.4 Å². The maximum atomic E-state index is 14.3. The van der Waals surface area contributed by atoms with E-state index in [1.54, 1.807) is 12.1 Å². The van der Waals surface area contributed by atoms with Crippen molar-refractivity contribution in [2.24, 2.45) is 11.8 Å². The summed E-state index contributed by atoms with van der Waals surface area (Å²) in [5.41, 5.74) is 2.39. The fourth-order valence-corrected chi connectivity index (χ4v) is 5.79. The van der Waals surface area contributed by atoms with Gasteiger partial charge in [0.05, 0.1) is 0 Å². The summed E-state index contributed by atoms with van der Waals surface area (Å²) in [6.07, 6.45) is 0.518. The van der Waals surface area contributed by atoms with Crippen LogP contribution in [-0.2, 0) is 6.42 Å². The Morgan fingerprint density at radius 3 is 2.40 bits per heavy atom. The zero-order valence-corrected chi connectivity index (χ0v) is 16.8. The van der Waals surface area contributed by atoms with E-state index in [9.17, 15) is 22.0 Å². The third-order valence-corrected chi connectivity index (χ3v) is 6.81. The number of hydrogen-bond acceptors (Lipinski definition) is 1. The molecule has 4 unspecified atom stereocenters. The van der Waals surface area contributed by atoms with Crippen molar-refractivity contribution in [3.63, 3.8) is 0 Å². The first-order valence-corrected chi connectivity index (χ1v) is 10.6. The molecule has 1 fully saturated rings. The van der Waals surface area contributed by atoms with Gasteiger partial charge in [0, 0.05) is 6.07 Å². The second-order valence-corrected chi connectivity index (χ2v) is 8.53. The van der Waals surface area contributed by atoms with Crippen molar-refractivity contribution < 1.29 is 26.7 Å². The van der Waals surface area contributed by atoms with Crippen LogP contribution in [-0.4, -0.2) is 6.36 Å². The van der Waals surface area contributed by atoms with E-state index >= 15 is 0 Å². The standard InChI is InChI=1S/C24H25F5O/c1-2-3-14-6-9-18-20(11-10-19-21(18)12-16(25)13-22(19)26)23(14)15-4-7-17(8-5-15)30-24(27,28)29/h4-5,7-8,12-14,18,20,23H,2-3,6,9-11H2,1H3. The third-order valence-electron chi connectivity index (χ3n) is 6.81. The van der Waals surface area contributed by atoms with Gasteiger partial charge >= 0.3 is 6.36 Å². The molecule has 1 nitrogen and oxygen atoms in total. The Kier molecular flexibility index (Phi) is 5.78. The SMILES string of the molecule is CCCC1CCC2c3cc(F)cc(F)c3CCC2C1c1ccc(OC(F)(F)F)cc1. The summed E-state index contributed by atoms with van der Waals surface area (Å²) in [7, 11) is 0. The van der Waals surface area contributed by atoms with Gasteiger partial charge in [0.25, 0.3) is 0 Å². The van der Waals surface area contributed by atoms with E-state index in [1.807, 2.05) is 0 Å². The molecule has 0 saturated heterocycles. The van der Waals surface area contributed by atoms with Gasteiger partial charge < -0.3 is 4.74 Å². The van der Waals surface area contributed by atoms with E-state index in [0.29, 0.717) is 17.9 Å². The quantitative estimate of drug-likeness (QED) is 0.462. The first-order valence-electron chi connectivity index (χ1n) is 10.6. The largest absolute Gasteiger partial charge is 0.573 e. The van der Waals surface area contributed by atoms with E-state index < -0.39 is 18.0 Å². The summed E-state index contributed by atoms with van der Waals surface area (Å²) in [5, 5.41) is 0. The third kappa shape index (κ3) is 4.19. The lowest BCUT2D eigenvalue weighted by Crippen LogP contribution is -2.35. The molecule has 0 bridgehead atoms. The number of halogens is 5. The molecule has 1 saturated carbocycles. The normalized spacial score (nSPS) is 26.1. The first-order chi connectivity index (χ1) is 14.3. The highest BCUT2D eigenvalue weighted by Crippen LogP contribution is 2.55. The fourth-order valence-electron chi connectivity index (χ4n) is 5.79. The number of rotatable bonds is 4. The van der Waals surface area contributed by atoms with E-state index in [2.05, 4.69) is 11.7 Å². The maximum Gasteiger partial charge on any atom is 0.573 e. The molecule has 162 valence electrons. The molecule has 2 aromatic rings. The number of benzene rings is 2. The molecule has 6 heteroatoms. The van der Waals surface area contributed by atoms with Crippen molar-refractivity contribution >= 4 is 0 Å². The minimum Gasteiger partial charge on any atom is -0.406 e. The summed E-state index contributed by atoms with van der Waals surface area (Å²) in [6, 6.07) is 8.61. The van der Waals surface area contributed by atoms with Crippen LogP contribution in [0.5, 0.6) is 5.75 Å². The second kappa shape index (κ2) is 8.20. The van der Waals surface area contributed by atoms with E-state index in [0.717, 1.165) is 49.3 Å². The molecule has 0 spiro atoms. The Hall–Kier alpha value is -2.11. The summed E-state index contributed by atoms with van der Waals surface area (Å²) in [5.74, 6) is -0.392. The summed E-state index contributed by atoms with van der Waals surface area (Å²) >= 11 is 0. The molecule has 0 N–H and O–H groups in total. The molecule has 2 aromatic carbocycles. The second-order valence-electron chi connectivity index (χ2n) is 8.53. The van der Waals surface area contributed by atoms with Crippen LogP contribution >= 0.6 is 0 Å². The van der Waals surface area contributed by atoms with Crippen LogP contribution in [0.1, 0.15) is 67.6 Å². The highest BCUT2D eigenvalue weighted by Gasteiger charge is 2.43. The predicted octanol–water partition coefficient (Wildman–Crippen LogP) is 7.50. The molecule has 4 rings (SSSR count). The van der Waals surface area contributed by atoms with Gasteiger partial charge in [-0.25, -0.2) is 8.78 Å². The average Bonchev–Trinajstić information content (AvgIpc) is 2.67. The number of ether oxygens (including phenoxy) is 1. The van der Waals surface area contributed by atoms with Crippen LogP contribution in [0.25, 0.3) is 0 Å². The highest BCUT2D eigenvalue weighted by molar-refractivity contribution is 5.39.